The zero-order chi connectivity index (χ0) is 18.9. The summed E-state index contributed by atoms with van der Waals surface area (Å²) in [5, 5.41) is 21.1. The number of carboxylic acids is 1. The van der Waals surface area contributed by atoms with E-state index in [1.54, 1.807) is 19.2 Å². The van der Waals surface area contributed by atoms with Gasteiger partial charge in [-0.3, -0.25) is 14.4 Å². The second-order valence-corrected chi connectivity index (χ2v) is 6.41. The number of thioether (sulfide) groups is 1. The maximum absolute atomic E-state index is 11.9. The van der Waals surface area contributed by atoms with E-state index in [-0.39, 0.29) is 31.2 Å². The van der Waals surface area contributed by atoms with Crippen LogP contribution in [0.15, 0.2) is 34.5 Å². The Morgan fingerprint density at radius 3 is 2.77 bits per heavy atom. The SMILES string of the molecule is COc1ccc(/C=N/N=C2\NC(=O)C(CC(=O)NCCC(=O)O)S2)cc1. The van der Waals surface area contributed by atoms with Crippen LogP contribution in [-0.4, -0.2) is 53.2 Å². The number of nitrogens with one attached hydrogen (secondary N) is 2. The Hall–Kier alpha value is -2.88. The van der Waals surface area contributed by atoms with Gasteiger partial charge in [-0.15, -0.1) is 5.10 Å². The lowest BCUT2D eigenvalue weighted by atomic mass is 10.2. The molecule has 1 fully saturated rings. The van der Waals surface area contributed by atoms with E-state index in [9.17, 15) is 14.4 Å². The van der Waals surface area contributed by atoms with E-state index >= 15 is 0 Å². The molecule has 0 radical (unpaired) electrons. The minimum Gasteiger partial charge on any atom is -0.497 e. The Morgan fingerprint density at radius 2 is 2.12 bits per heavy atom. The van der Waals surface area contributed by atoms with Crippen molar-refractivity contribution in [2.45, 2.75) is 18.1 Å². The van der Waals surface area contributed by atoms with Gasteiger partial charge in [0.25, 0.3) is 0 Å². The Kier molecular flexibility index (Phi) is 7.15. The molecule has 3 N–H and O–H groups in total. The van der Waals surface area contributed by atoms with Crippen molar-refractivity contribution < 1.29 is 24.2 Å². The number of rotatable bonds is 8. The quantitative estimate of drug-likeness (QED) is 0.449. The molecule has 9 nitrogen and oxygen atoms in total. The highest BCUT2D eigenvalue weighted by molar-refractivity contribution is 8.15. The first kappa shape index (κ1) is 19.4. The summed E-state index contributed by atoms with van der Waals surface area (Å²) >= 11 is 1.11. The summed E-state index contributed by atoms with van der Waals surface area (Å²) in [6.45, 7) is 0.0280. The molecule has 0 aliphatic carbocycles. The fourth-order valence-electron chi connectivity index (χ4n) is 1.97. The topological polar surface area (TPSA) is 129 Å². The largest absolute Gasteiger partial charge is 0.497 e. The van der Waals surface area contributed by atoms with E-state index in [1.165, 1.54) is 6.21 Å². The van der Waals surface area contributed by atoms with Crippen LogP contribution in [0.25, 0.3) is 0 Å². The molecule has 1 aliphatic heterocycles. The molecule has 0 saturated carbocycles. The zero-order valence-electron chi connectivity index (χ0n) is 14.0. The normalized spacial score (nSPS) is 18.1. The van der Waals surface area contributed by atoms with Crippen LogP contribution in [0, 0.1) is 0 Å². The van der Waals surface area contributed by atoms with Crippen molar-refractivity contribution in [3.63, 3.8) is 0 Å². The molecule has 26 heavy (non-hydrogen) atoms. The Labute approximate surface area is 153 Å². The predicted molar refractivity (Wildman–Crippen MR) is 97.4 cm³/mol. The third-order valence-electron chi connectivity index (χ3n) is 3.28. The second-order valence-electron chi connectivity index (χ2n) is 5.22. The maximum atomic E-state index is 11.9. The van der Waals surface area contributed by atoms with Gasteiger partial charge in [-0.2, -0.15) is 5.10 Å². The molecular weight excluding hydrogens is 360 g/mol. The molecule has 1 atom stereocenters. The predicted octanol–water partition coefficient (Wildman–Crippen LogP) is 0.598. The molecule has 0 aromatic heterocycles. The van der Waals surface area contributed by atoms with Crippen molar-refractivity contribution in [1.82, 2.24) is 10.6 Å². The van der Waals surface area contributed by atoms with Crippen molar-refractivity contribution in [1.29, 1.82) is 0 Å². The molecule has 1 heterocycles. The smallest absolute Gasteiger partial charge is 0.305 e. The third kappa shape index (κ3) is 6.20. The molecular formula is C16H18N4O5S. The number of benzene rings is 1. The van der Waals surface area contributed by atoms with Crippen molar-refractivity contribution in [3.05, 3.63) is 29.8 Å². The van der Waals surface area contributed by atoms with Gasteiger partial charge >= 0.3 is 5.97 Å². The van der Waals surface area contributed by atoms with Gasteiger partial charge in [0, 0.05) is 13.0 Å². The van der Waals surface area contributed by atoms with Gasteiger partial charge in [0.05, 0.1) is 19.7 Å². The zero-order valence-corrected chi connectivity index (χ0v) is 14.8. The number of carboxylic acid groups (broad SMARTS) is 1. The summed E-state index contributed by atoms with van der Waals surface area (Å²) in [7, 11) is 1.58. The van der Waals surface area contributed by atoms with Crippen LogP contribution < -0.4 is 15.4 Å². The van der Waals surface area contributed by atoms with Crippen LogP contribution in [0.4, 0.5) is 0 Å². The minimum absolute atomic E-state index is 0.0280. The first-order valence-corrected chi connectivity index (χ1v) is 8.57. The highest BCUT2D eigenvalue weighted by atomic mass is 32.2. The van der Waals surface area contributed by atoms with E-state index in [2.05, 4.69) is 20.8 Å². The number of amides is 2. The van der Waals surface area contributed by atoms with Gasteiger partial charge < -0.3 is 20.5 Å². The summed E-state index contributed by atoms with van der Waals surface area (Å²) < 4.78 is 5.06. The molecule has 138 valence electrons. The van der Waals surface area contributed by atoms with E-state index in [1.807, 2.05) is 12.1 Å². The Morgan fingerprint density at radius 1 is 1.38 bits per heavy atom. The number of hydrogen-bond donors (Lipinski definition) is 3. The number of aliphatic carboxylic acids is 1. The number of ether oxygens (including phenoxy) is 1. The highest BCUT2D eigenvalue weighted by Crippen LogP contribution is 2.22. The fourth-order valence-corrected chi connectivity index (χ4v) is 2.90. The number of carbonyl (C=O) groups excluding carboxylic acids is 2. The van der Waals surface area contributed by atoms with Gasteiger partial charge in [-0.05, 0) is 29.8 Å². The molecule has 1 saturated heterocycles. The third-order valence-corrected chi connectivity index (χ3v) is 4.35. The highest BCUT2D eigenvalue weighted by Gasteiger charge is 2.32. The molecule has 10 heteroatoms. The summed E-state index contributed by atoms with van der Waals surface area (Å²) in [4.78, 5) is 34.0. The molecule has 0 spiro atoms. The fraction of sp³-hybridized carbons (Fsp3) is 0.312. The Balaban J connectivity index is 1.83. The lowest BCUT2D eigenvalue weighted by Crippen LogP contribution is -2.32. The summed E-state index contributed by atoms with van der Waals surface area (Å²) in [5.74, 6) is -0.984. The average Bonchev–Trinajstić information content (AvgIpc) is 2.94. The van der Waals surface area contributed by atoms with Crippen LogP contribution in [0.1, 0.15) is 18.4 Å². The number of amidine groups is 1. The number of nitrogens with zero attached hydrogens (tertiary/aromatic N) is 2. The van der Waals surface area contributed by atoms with E-state index in [4.69, 9.17) is 9.84 Å². The summed E-state index contributed by atoms with van der Waals surface area (Å²) in [6.07, 6.45) is 1.31. The van der Waals surface area contributed by atoms with E-state index < -0.39 is 11.2 Å². The monoisotopic (exact) mass is 378 g/mol. The van der Waals surface area contributed by atoms with Crippen molar-refractivity contribution >= 4 is 40.9 Å². The van der Waals surface area contributed by atoms with Gasteiger partial charge in [0.2, 0.25) is 11.8 Å². The van der Waals surface area contributed by atoms with Crippen LogP contribution in [-0.2, 0) is 14.4 Å². The molecule has 0 bridgehead atoms. The standard InChI is InChI=1S/C16H18N4O5S/c1-25-11-4-2-10(3-5-11)9-18-20-16-19-15(24)12(26-16)8-13(21)17-7-6-14(22)23/h2-5,9,12H,6-8H2,1H3,(H,17,21)(H,22,23)(H,19,20,24)/b18-9+. The first-order chi connectivity index (χ1) is 12.5. The van der Waals surface area contributed by atoms with Crippen molar-refractivity contribution in [3.8, 4) is 5.75 Å². The number of carbonyl (C=O) groups is 3. The maximum Gasteiger partial charge on any atom is 0.305 e. The molecule has 1 aromatic carbocycles. The molecule has 1 unspecified atom stereocenters. The summed E-state index contributed by atoms with van der Waals surface area (Å²) in [5.41, 5.74) is 0.818. The van der Waals surface area contributed by atoms with Gasteiger partial charge in [-0.1, -0.05) is 11.8 Å². The van der Waals surface area contributed by atoms with Crippen LogP contribution in [0.3, 0.4) is 0 Å². The second kappa shape index (κ2) is 9.56. The molecule has 1 aliphatic rings. The minimum atomic E-state index is -0.998. The molecule has 2 rings (SSSR count). The average molecular weight is 378 g/mol. The first-order valence-electron chi connectivity index (χ1n) is 7.69. The molecule has 2 amide bonds. The van der Waals surface area contributed by atoms with Crippen molar-refractivity contribution in [2.24, 2.45) is 10.2 Å². The lowest BCUT2D eigenvalue weighted by molar-refractivity contribution is -0.137. The Bertz CT molecular complexity index is 733. The van der Waals surface area contributed by atoms with Crippen molar-refractivity contribution in [2.75, 3.05) is 13.7 Å². The van der Waals surface area contributed by atoms with Crippen LogP contribution >= 0.6 is 11.8 Å². The summed E-state index contributed by atoms with van der Waals surface area (Å²) in [6, 6.07) is 7.21. The van der Waals surface area contributed by atoms with E-state index in [0.29, 0.717) is 5.17 Å². The number of methoxy groups -OCH3 is 1. The van der Waals surface area contributed by atoms with Gasteiger partial charge in [0.15, 0.2) is 5.17 Å². The van der Waals surface area contributed by atoms with Crippen LogP contribution in [0.2, 0.25) is 0 Å². The van der Waals surface area contributed by atoms with Gasteiger partial charge in [-0.25, -0.2) is 0 Å². The molecule has 1 aromatic rings. The number of hydrogen-bond acceptors (Lipinski definition) is 7. The lowest BCUT2D eigenvalue weighted by Gasteiger charge is -2.05. The van der Waals surface area contributed by atoms with E-state index in [0.717, 1.165) is 23.1 Å². The van der Waals surface area contributed by atoms with Gasteiger partial charge in [0.1, 0.15) is 11.0 Å². The van der Waals surface area contributed by atoms with Crippen LogP contribution in [0.5, 0.6) is 5.75 Å².